The third-order valence-electron chi connectivity index (χ3n) is 8.44. The molecule has 2 heterocycles. The standard InChI is InChI=1S/C32H30NO/c1-19-23-12-6-7-13-24(23)20(2)32-29(19)31-30-26(15-16-33(31)3)25-14-8-11-22(17-21-9-4-5-10-21)27(25)18-28(30)34-32/h6-8,11-16,18,21H,4-5,9-10,17H2,1-3H3/q+1. The van der Waals surface area contributed by atoms with E-state index in [9.17, 15) is 0 Å². The van der Waals surface area contributed by atoms with Crippen LogP contribution in [0.3, 0.4) is 0 Å². The van der Waals surface area contributed by atoms with E-state index in [1.54, 1.807) is 0 Å². The predicted molar refractivity (Wildman–Crippen MR) is 141 cm³/mol. The van der Waals surface area contributed by atoms with E-state index in [1.807, 2.05) is 0 Å². The molecule has 0 spiro atoms. The zero-order valence-corrected chi connectivity index (χ0v) is 20.2. The van der Waals surface area contributed by atoms with Crippen molar-refractivity contribution in [3.05, 3.63) is 77.5 Å². The Morgan fingerprint density at radius 3 is 2.35 bits per heavy atom. The van der Waals surface area contributed by atoms with Gasteiger partial charge in [0.25, 0.3) is 0 Å². The number of hydrogen-bond donors (Lipinski definition) is 0. The number of pyridine rings is 1. The van der Waals surface area contributed by atoms with Gasteiger partial charge in [0.1, 0.15) is 18.5 Å². The van der Waals surface area contributed by atoms with Crippen molar-refractivity contribution < 1.29 is 9.30 Å². The minimum atomic E-state index is 0.819. The van der Waals surface area contributed by atoms with Crippen molar-refractivity contribution in [1.29, 1.82) is 0 Å². The van der Waals surface area contributed by atoms with Gasteiger partial charge < -0.3 is 4.74 Å². The van der Waals surface area contributed by atoms with Crippen molar-refractivity contribution in [3.63, 3.8) is 0 Å². The molecule has 1 aliphatic carbocycles. The molecule has 1 aromatic heterocycles. The van der Waals surface area contributed by atoms with E-state index < -0.39 is 0 Å². The van der Waals surface area contributed by atoms with E-state index in [0.29, 0.717) is 0 Å². The maximum Gasteiger partial charge on any atom is 0.228 e. The molecule has 2 aliphatic rings. The van der Waals surface area contributed by atoms with Crippen LogP contribution >= 0.6 is 0 Å². The van der Waals surface area contributed by atoms with Crippen molar-refractivity contribution in [3.8, 4) is 22.8 Å². The van der Waals surface area contributed by atoms with Gasteiger partial charge in [-0.15, -0.1) is 0 Å². The summed E-state index contributed by atoms with van der Waals surface area (Å²) < 4.78 is 9.12. The van der Waals surface area contributed by atoms with Gasteiger partial charge >= 0.3 is 0 Å². The predicted octanol–water partition coefficient (Wildman–Crippen LogP) is 8.09. The lowest BCUT2D eigenvalue weighted by Crippen LogP contribution is -2.32. The fourth-order valence-corrected chi connectivity index (χ4v) is 6.70. The molecule has 4 aromatic carbocycles. The molecule has 0 radical (unpaired) electrons. The Hall–Kier alpha value is -3.39. The number of aromatic nitrogens is 1. The summed E-state index contributed by atoms with van der Waals surface area (Å²) in [4.78, 5) is 0. The van der Waals surface area contributed by atoms with E-state index in [2.05, 4.69) is 86.3 Å². The molecule has 7 rings (SSSR count). The van der Waals surface area contributed by atoms with E-state index in [0.717, 1.165) is 17.4 Å². The molecule has 1 saturated carbocycles. The topological polar surface area (TPSA) is 13.1 Å². The summed E-state index contributed by atoms with van der Waals surface area (Å²) in [6, 6.07) is 20.2. The Kier molecular flexibility index (Phi) is 4.30. The highest BCUT2D eigenvalue weighted by Crippen LogP contribution is 2.51. The van der Waals surface area contributed by atoms with Crippen molar-refractivity contribution in [2.24, 2.45) is 13.0 Å². The van der Waals surface area contributed by atoms with Crippen molar-refractivity contribution in [1.82, 2.24) is 0 Å². The van der Waals surface area contributed by atoms with Crippen LogP contribution in [0.25, 0.3) is 43.6 Å². The lowest BCUT2D eigenvalue weighted by atomic mass is 9.87. The van der Waals surface area contributed by atoms with E-state index >= 15 is 0 Å². The third kappa shape index (κ3) is 2.72. The molecule has 0 atom stereocenters. The normalized spacial score (nSPS) is 15.3. The molecule has 2 heteroatoms. The number of ether oxygens (including phenoxy) is 1. The molecule has 2 nitrogen and oxygen atoms in total. The third-order valence-corrected chi connectivity index (χ3v) is 8.44. The zero-order valence-electron chi connectivity index (χ0n) is 20.2. The van der Waals surface area contributed by atoms with Gasteiger partial charge in [0, 0.05) is 17.0 Å². The molecular formula is C32H30NO+. The molecule has 0 saturated heterocycles. The van der Waals surface area contributed by atoms with Crippen LogP contribution in [0.2, 0.25) is 0 Å². The number of nitrogens with zero attached hydrogens (tertiary/aromatic N) is 1. The van der Waals surface area contributed by atoms with Crippen LogP contribution in [-0.2, 0) is 13.5 Å². The second kappa shape index (κ2) is 7.30. The summed E-state index contributed by atoms with van der Waals surface area (Å²) in [5.74, 6) is 2.83. The molecule has 34 heavy (non-hydrogen) atoms. The average Bonchev–Trinajstić information content (AvgIpc) is 3.37. The Bertz CT molecular complexity index is 1640. The summed E-state index contributed by atoms with van der Waals surface area (Å²) in [5, 5.41) is 7.82. The van der Waals surface area contributed by atoms with Crippen LogP contribution in [0.15, 0.2) is 60.8 Å². The molecule has 1 fully saturated rings. The quantitative estimate of drug-likeness (QED) is 0.194. The van der Waals surface area contributed by atoms with Crippen LogP contribution in [0.4, 0.5) is 0 Å². The Balaban J connectivity index is 1.57. The first kappa shape index (κ1) is 20.0. The maximum atomic E-state index is 6.84. The molecule has 5 aromatic rings. The van der Waals surface area contributed by atoms with Crippen LogP contribution in [0.5, 0.6) is 11.5 Å². The Labute approximate surface area is 200 Å². The number of aryl methyl sites for hydroxylation is 3. The van der Waals surface area contributed by atoms with Crippen LogP contribution in [-0.4, -0.2) is 0 Å². The molecule has 168 valence electrons. The summed E-state index contributed by atoms with van der Waals surface area (Å²) >= 11 is 0. The van der Waals surface area contributed by atoms with Gasteiger partial charge in [-0.05, 0) is 64.9 Å². The first-order valence-corrected chi connectivity index (χ1v) is 12.7. The summed E-state index contributed by atoms with van der Waals surface area (Å²) in [6.07, 6.45) is 8.91. The molecule has 0 amide bonds. The van der Waals surface area contributed by atoms with E-state index in [4.69, 9.17) is 4.74 Å². The minimum Gasteiger partial charge on any atom is -0.455 e. The first-order chi connectivity index (χ1) is 16.6. The fourth-order valence-electron chi connectivity index (χ4n) is 6.70. The van der Waals surface area contributed by atoms with Gasteiger partial charge in [-0.3, -0.25) is 0 Å². The summed E-state index contributed by atoms with van der Waals surface area (Å²) in [7, 11) is 2.17. The van der Waals surface area contributed by atoms with Gasteiger partial charge in [-0.25, -0.2) is 4.57 Å². The van der Waals surface area contributed by atoms with Crippen molar-refractivity contribution in [2.45, 2.75) is 46.0 Å². The highest BCUT2D eigenvalue weighted by atomic mass is 16.5. The van der Waals surface area contributed by atoms with Gasteiger partial charge in [-0.1, -0.05) is 68.1 Å². The van der Waals surface area contributed by atoms with Crippen LogP contribution in [0.1, 0.15) is 42.4 Å². The molecular weight excluding hydrogens is 414 g/mol. The fraction of sp³-hybridized carbons (Fsp3) is 0.281. The molecule has 0 bridgehead atoms. The highest BCUT2D eigenvalue weighted by molar-refractivity contribution is 6.16. The minimum absolute atomic E-state index is 0.819. The number of fused-ring (bicyclic) bond motifs is 5. The van der Waals surface area contributed by atoms with Gasteiger partial charge in [0.05, 0.1) is 10.9 Å². The Morgan fingerprint density at radius 1 is 0.824 bits per heavy atom. The molecule has 1 aliphatic heterocycles. The smallest absolute Gasteiger partial charge is 0.228 e. The number of benzene rings is 4. The van der Waals surface area contributed by atoms with Gasteiger partial charge in [0.2, 0.25) is 5.69 Å². The zero-order chi connectivity index (χ0) is 23.0. The molecule has 0 unspecified atom stereocenters. The highest BCUT2D eigenvalue weighted by Gasteiger charge is 2.32. The van der Waals surface area contributed by atoms with Gasteiger partial charge in [0.15, 0.2) is 6.20 Å². The second-order valence-corrected chi connectivity index (χ2v) is 10.4. The SMILES string of the molecule is Cc1c2c(c(C)c3ccccc13)-c1c3c(cc4c(CC5CCCC5)cccc4c3cc[n+]1C)O2. The summed E-state index contributed by atoms with van der Waals surface area (Å²) in [6.45, 7) is 4.45. The van der Waals surface area contributed by atoms with E-state index in [1.165, 1.54) is 92.4 Å². The van der Waals surface area contributed by atoms with Gasteiger partial charge in [-0.2, -0.15) is 0 Å². The van der Waals surface area contributed by atoms with Crippen LogP contribution < -0.4 is 9.30 Å². The monoisotopic (exact) mass is 444 g/mol. The number of hydrogen-bond acceptors (Lipinski definition) is 1. The lowest BCUT2D eigenvalue weighted by molar-refractivity contribution is -0.659. The maximum absolute atomic E-state index is 6.84. The lowest BCUT2D eigenvalue weighted by Gasteiger charge is -2.25. The van der Waals surface area contributed by atoms with Crippen molar-refractivity contribution >= 4 is 32.3 Å². The largest absolute Gasteiger partial charge is 0.455 e. The molecule has 0 N–H and O–H groups in total. The first-order valence-electron chi connectivity index (χ1n) is 12.7. The Morgan fingerprint density at radius 2 is 1.56 bits per heavy atom. The average molecular weight is 445 g/mol. The van der Waals surface area contributed by atoms with Crippen molar-refractivity contribution in [2.75, 3.05) is 0 Å². The summed E-state index contributed by atoms with van der Waals surface area (Å²) in [5.41, 5.74) is 6.48. The van der Waals surface area contributed by atoms with E-state index in [-0.39, 0.29) is 0 Å². The number of rotatable bonds is 2. The second-order valence-electron chi connectivity index (χ2n) is 10.4. The van der Waals surface area contributed by atoms with Crippen LogP contribution in [0, 0.1) is 19.8 Å².